The molecule has 4 heteroatoms. The van der Waals surface area contributed by atoms with E-state index in [4.69, 9.17) is 16.0 Å². The van der Waals surface area contributed by atoms with Crippen LogP contribution in [0.2, 0.25) is 5.02 Å². The van der Waals surface area contributed by atoms with Crippen molar-refractivity contribution in [3.8, 4) is 0 Å². The second-order valence-corrected chi connectivity index (χ2v) is 4.79. The first-order valence-corrected chi connectivity index (χ1v) is 6.07. The van der Waals surface area contributed by atoms with Gasteiger partial charge in [-0.25, -0.2) is 0 Å². The van der Waals surface area contributed by atoms with Crippen molar-refractivity contribution in [1.29, 1.82) is 0 Å². The van der Waals surface area contributed by atoms with Crippen LogP contribution in [0.1, 0.15) is 11.1 Å². The molecule has 1 aromatic carbocycles. The van der Waals surface area contributed by atoms with Crippen LogP contribution in [0.25, 0.3) is 0 Å². The van der Waals surface area contributed by atoms with Gasteiger partial charge in [0.25, 0.3) is 0 Å². The normalized spacial score (nSPS) is 11.7. The molecule has 1 heterocycles. The van der Waals surface area contributed by atoms with Crippen molar-refractivity contribution in [3.05, 3.63) is 59.0 Å². The predicted molar refractivity (Wildman–Crippen MR) is 69.7 cm³/mol. The van der Waals surface area contributed by atoms with Crippen molar-refractivity contribution < 1.29 is 14.6 Å². The molecule has 2 rings (SSSR count). The van der Waals surface area contributed by atoms with Crippen molar-refractivity contribution in [1.82, 2.24) is 0 Å². The van der Waals surface area contributed by atoms with Gasteiger partial charge in [0.15, 0.2) is 0 Å². The standard InChI is InChI=1S/C14H15ClO3/c15-13-4-2-1-3-12(13)14(9-16,10-17)7-11-5-6-18-8-11/h1-6,8,16-17H,7,9-10H2. The highest BCUT2D eigenvalue weighted by molar-refractivity contribution is 6.31. The summed E-state index contributed by atoms with van der Waals surface area (Å²) in [5, 5.41) is 20.0. The lowest BCUT2D eigenvalue weighted by atomic mass is 9.77. The van der Waals surface area contributed by atoms with Gasteiger partial charge in [-0.05, 0) is 29.7 Å². The van der Waals surface area contributed by atoms with Crippen molar-refractivity contribution in [2.24, 2.45) is 0 Å². The lowest BCUT2D eigenvalue weighted by Crippen LogP contribution is -2.37. The molecule has 0 fully saturated rings. The largest absolute Gasteiger partial charge is 0.472 e. The summed E-state index contributed by atoms with van der Waals surface area (Å²) >= 11 is 6.16. The molecule has 2 N–H and O–H groups in total. The molecule has 0 radical (unpaired) electrons. The van der Waals surface area contributed by atoms with E-state index in [2.05, 4.69) is 0 Å². The van der Waals surface area contributed by atoms with Crippen molar-refractivity contribution in [2.75, 3.05) is 13.2 Å². The van der Waals surface area contributed by atoms with Crippen LogP contribution in [0, 0.1) is 0 Å². The Hall–Kier alpha value is -1.29. The van der Waals surface area contributed by atoms with Crippen molar-refractivity contribution in [2.45, 2.75) is 11.8 Å². The lowest BCUT2D eigenvalue weighted by molar-refractivity contribution is 0.116. The SMILES string of the molecule is OCC(CO)(Cc1ccoc1)c1ccccc1Cl. The zero-order chi connectivity index (χ0) is 13.0. The molecule has 0 amide bonds. The first-order valence-electron chi connectivity index (χ1n) is 5.70. The van der Waals surface area contributed by atoms with Crippen LogP contribution < -0.4 is 0 Å². The second kappa shape index (κ2) is 5.57. The van der Waals surface area contributed by atoms with Crippen LogP contribution in [0.3, 0.4) is 0 Å². The molecule has 1 aromatic heterocycles. The first-order chi connectivity index (χ1) is 8.72. The number of halogens is 1. The van der Waals surface area contributed by atoms with Crippen LogP contribution >= 0.6 is 11.6 Å². The fraction of sp³-hybridized carbons (Fsp3) is 0.286. The third-order valence-corrected chi connectivity index (χ3v) is 3.50. The van der Waals surface area contributed by atoms with E-state index < -0.39 is 5.41 Å². The Kier molecular flexibility index (Phi) is 4.07. The number of benzene rings is 1. The average Bonchev–Trinajstić information content (AvgIpc) is 2.90. The molecule has 0 unspecified atom stereocenters. The Balaban J connectivity index is 2.40. The number of aliphatic hydroxyl groups excluding tert-OH is 2. The van der Waals surface area contributed by atoms with Crippen LogP contribution in [0.4, 0.5) is 0 Å². The smallest absolute Gasteiger partial charge is 0.0934 e. The van der Waals surface area contributed by atoms with E-state index in [-0.39, 0.29) is 13.2 Å². The molecule has 96 valence electrons. The summed E-state index contributed by atoms with van der Waals surface area (Å²) in [4.78, 5) is 0. The molecule has 0 saturated carbocycles. The fourth-order valence-electron chi connectivity index (χ4n) is 2.10. The van der Waals surface area contributed by atoms with Gasteiger partial charge in [-0.1, -0.05) is 29.8 Å². The van der Waals surface area contributed by atoms with E-state index in [9.17, 15) is 10.2 Å². The van der Waals surface area contributed by atoms with E-state index in [0.717, 1.165) is 11.1 Å². The molecule has 0 aliphatic heterocycles. The number of furan rings is 1. The number of rotatable bonds is 5. The maximum Gasteiger partial charge on any atom is 0.0934 e. The molecule has 3 nitrogen and oxygen atoms in total. The quantitative estimate of drug-likeness (QED) is 0.874. The molecule has 0 saturated heterocycles. The van der Waals surface area contributed by atoms with Crippen LogP contribution in [-0.4, -0.2) is 23.4 Å². The van der Waals surface area contributed by atoms with E-state index >= 15 is 0 Å². The minimum absolute atomic E-state index is 0.182. The maximum absolute atomic E-state index is 9.70. The molecule has 0 atom stereocenters. The topological polar surface area (TPSA) is 53.6 Å². The summed E-state index contributed by atoms with van der Waals surface area (Å²) in [7, 11) is 0. The summed E-state index contributed by atoms with van der Waals surface area (Å²) in [6.07, 6.45) is 3.65. The molecule has 0 aliphatic rings. The Morgan fingerprint density at radius 3 is 2.39 bits per heavy atom. The molecule has 2 aromatic rings. The van der Waals surface area contributed by atoms with Gasteiger partial charge in [-0.2, -0.15) is 0 Å². The summed E-state index contributed by atoms with van der Waals surface area (Å²) in [5.74, 6) is 0. The first kappa shape index (κ1) is 13.1. The highest BCUT2D eigenvalue weighted by atomic mass is 35.5. The molecule has 0 spiro atoms. The molecule has 18 heavy (non-hydrogen) atoms. The van der Waals surface area contributed by atoms with Gasteiger partial charge in [0.2, 0.25) is 0 Å². The fourth-order valence-corrected chi connectivity index (χ4v) is 2.44. The Morgan fingerprint density at radius 1 is 1.11 bits per heavy atom. The minimum atomic E-state index is -0.789. The third-order valence-electron chi connectivity index (χ3n) is 3.17. The minimum Gasteiger partial charge on any atom is -0.472 e. The van der Waals surface area contributed by atoms with E-state index in [0.29, 0.717) is 11.4 Å². The van der Waals surface area contributed by atoms with E-state index in [1.807, 2.05) is 24.3 Å². The van der Waals surface area contributed by atoms with Gasteiger partial charge < -0.3 is 14.6 Å². The van der Waals surface area contributed by atoms with Gasteiger partial charge in [-0.15, -0.1) is 0 Å². The molecule has 0 bridgehead atoms. The summed E-state index contributed by atoms with van der Waals surface area (Å²) in [5.41, 5.74) is 0.873. The Bertz CT molecular complexity index is 490. The average molecular weight is 267 g/mol. The highest BCUT2D eigenvalue weighted by Gasteiger charge is 2.33. The monoisotopic (exact) mass is 266 g/mol. The summed E-state index contributed by atoms with van der Waals surface area (Å²) < 4.78 is 5.02. The number of aliphatic hydroxyl groups is 2. The molecule has 0 aliphatic carbocycles. The van der Waals surface area contributed by atoms with Crippen LogP contribution in [0.15, 0.2) is 47.3 Å². The van der Waals surface area contributed by atoms with Gasteiger partial charge >= 0.3 is 0 Å². The van der Waals surface area contributed by atoms with Crippen molar-refractivity contribution >= 4 is 11.6 Å². The van der Waals surface area contributed by atoms with Gasteiger partial charge in [-0.3, -0.25) is 0 Å². The zero-order valence-corrected chi connectivity index (χ0v) is 10.6. The second-order valence-electron chi connectivity index (χ2n) is 4.38. The van der Waals surface area contributed by atoms with Crippen molar-refractivity contribution in [3.63, 3.8) is 0 Å². The predicted octanol–water partition coefficient (Wildman–Crippen LogP) is 2.40. The van der Waals surface area contributed by atoms with E-state index in [1.165, 1.54) is 0 Å². The summed E-state index contributed by atoms with van der Waals surface area (Å²) in [6, 6.07) is 9.07. The Morgan fingerprint density at radius 2 is 1.83 bits per heavy atom. The molecular formula is C14H15ClO3. The van der Waals surface area contributed by atoms with Gasteiger partial charge in [0.05, 0.1) is 25.7 Å². The zero-order valence-electron chi connectivity index (χ0n) is 9.84. The lowest BCUT2D eigenvalue weighted by Gasteiger charge is -2.30. The molecular weight excluding hydrogens is 252 g/mol. The number of hydrogen-bond acceptors (Lipinski definition) is 3. The third kappa shape index (κ3) is 2.43. The van der Waals surface area contributed by atoms with Crippen LogP contribution in [-0.2, 0) is 11.8 Å². The Labute approximate surface area is 111 Å². The van der Waals surface area contributed by atoms with E-state index in [1.54, 1.807) is 18.6 Å². The van der Waals surface area contributed by atoms with Gasteiger partial charge in [0.1, 0.15) is 0 Å². The number of hydrogen-bond donors (Lipinski definition) is 2. The van der Waals surface area contributed by atoms with Crippen LogP contribution in [0.5, 0.6) is 0 Å². The maximum atomic E-state index is 9.70. The highest BCUT2D eigenvalue weighted by Crippen LogP contribution is 2.33. The summed E-state index contributed by atoms with van der Waals surface area (Å²) in [6.45, 7) is -0.364. The van der Waals surface area contributed by atoms with Gasteiger partial charge in [0, 0.05) is 10.4 Å².